The minimum absolute atomic E-state index is 0.104. The first-order valence-electron chi connectivity index (χ1n) is 7.25. The molecule has 0 atom stereocenters. The van der Waals surface area contributed by atoms with Crippen LogP contribution < -0.4 is 5.32 Å². The first-order valence-corrected chi connectivity index (χ1v) is 8.23. The lowest BCUT2D eigenvalue weighted by Gasteiger charge is -2.38. The fraction of sp³-hybridized carbons (Fsp3) is 0.929. The Morgan fingerprint density at radius 3 is 2.40 bits per heavy atom. The normalized spacial score (nSPS) is 18.2. The average molecular weight is 303 g/mol. The molecule has 1 aliphatic rings. The van der Waals surface area contributed by atoms with Gasteiger partial charge in [0.2, 0.25) is 5.91 Å². The summed E-state index contributed by atoms with van der Waals surface area (Å²) in [7, 11) is 3.44. The number of ether oxygens (including phenoxy) is 1. The van der Waals surface area contributed by atoms with Crippen molar-refractivity contribution in [3.8, 4) is 0 Å². The number of nitrogens with zero attached hydrogens (tertiary/aromatic N) is 2. The Labute approximate surface area is 127 Å². The molecule has 1 fully saturated rings. The summed E-state index contributed by atoms with van der Waals surface area (Å²) in [5.74, 6) is 0.643. The van der Waals surface area contributed by atoms with Crippen LogP contribution in [0.4, 0.5) is 0 Å². The van der Waals surface area contributed by atoms with E-state index in [1.807, 2.05) is 0 Å². The molecule has 118 valence electrons. The smallest absolute Gasteiger partial charge is 0.229 e. The summed E-state index contributed by atoms with van der Waals surface area (Å²) >= 11 is 1.73. The summed E-state index contributed by atoms with van der Waals surface area (Å²) in [6, 6.07) is 0. The van der Waals surface area contributed by atoms with Gasteiger partial charge in [0.15, 0.2) is 0 Å². The van der Waals surface area contributed by atoms with Crippen molar-refractivity contribution in [2.45, 2.75) is 18.6 Å². The Morgan fingerprint density at radius 2 is 1.85 bits per heavy atom. The number of methoxy groups -OCH3 is 1. The van der Waals surface area contributed by atoms with Gasteiger partial charge in [0.25, 0.3) is 0 Å². The van der Waals surface area contributed by atoms with E-state index >= 15 is 0 Å². The predicted octanol–water partition coefficient (Wildman–Crippen LogP) is 0.508. The van der Waals surface area contributed by atoms with E-state index in [4.69, 9.17) is 4.74 Å². The standard InChI is InChI=1S/C14H29N3O2S/c1-14(2,20-11-13(18)15-3)12-17-7-5-16(6-8-17)9-10-19-4/h5-12H2,1-4H3,(H,15,18). The Kier molecular flexibility index (Phi) is 7.87. The quantitative estimate of drug-likeness (QED) is 0.708. The van der Waals surface area contributed by atoms with E-state index in [-0.39, 0.29) is 10.7 Å². The number of hydrogen-bond acceptors (Lipinski definition) is 5. The molecule has 0 unspecified atom stereocenters. The van der Waals surface area contributed by atoms with Gasteiger partial charge in [-0.05, 0) is 13.8 Å². The van der Waals surface area contributed by atoms with Crippen LogP contribution >= 0.6 is 11.8 Å². The maximum atomic E-state index is 11.3. The third-order valence-electron chi connectivity index (χ3n) is 3.55. The summed E-state index contributed by atoms with van der Waals surface area (Å²) in [5.41, 5.74) is 0. The second-order valence-corrected chi connectivity index (χ2v) is 7.51. The third kappa shape index (κ3) is 6.92. The highest BCUT2D eigenvalue weighted by atomic mass is 32.2. The minimum atomic E-state index is 0.104. The number of piperazine rings is 1. The van der Waals surface area contributed by atoms with Gasteiger partial charge in [-0.3, -0.25) is 14.6 Å². The molecule has 1 rings (SSSR count). The number of rotatable bonds is 8. The first-order chi connectivity index (χ1) is 9.46. The van der Waals surface area contributed by atoms with Gasteiger partial charge < -0.3 is 10.1 Å². The highest BCUT2D eigenvalue weighted by Crippen LogP contribution is 2.25. The van der Waals surface area contributed by atoms with Crippen molar-refractivity contribution in [1.82, 2.24) is 15.1 Å². The Balaban J connectivity index is 2.25. The van der Waals surface area contributed by atoms with Crippen LogP contribution in [0.5, 0.6) is 0 Å². The first kappa shape index (κ1) is 17.8. The predicted molar refractivity (Wildman–Crippen MR) is 85.4 cm³/mol. The molecule has 0 spiro atoms. The number of nitrogens with one attached hydrogen (secondary N) is 1. The summed E-state index contributed by atoms with van der Waals surface area (Å²) in [4.78, 5) is 16.3. The van der Waals surface area contributed by atoms with E-state index in [1.54, 1.807) is 25.9 Å². The molecular weight excluding hydrogens is 274 g/mol. The fourth-order valence-corrected chi connectivity index (χ4v) is 3.25. The van der Waals surface area contributed by atoms with Gasteiger partial charge in [0, 0.05) is 58.2 Å². The largest absolute Gasteiger partial charge is 0.383 e. The van der Waals surface area contributed by atoms with E-state index in [1.165, 1.54) is 0 Å². The zero-order valence-corrected chi connectivity index (χ0v) is 14.1. The van der Waals surface area contributed by atoms with E-state index < -0.39 is 0 Å². The SMILES string of the molecule is CNC(=O)CSC(C)(C)CN1CCN(CCOC)CC1. The van der Waals surface area contributed by atoms with Crippen LogP contribution in [0.1, 0.15) is 13.8 Å². The van der Waals surface area contributed by atoms with Crippen molar-refractivity contribution in [3.05, 3.63) is 0 Å². The van der Waals surface area contributed by atoms with Gasteiger partial charge in [-0.2, -0.15) is 0 Å². The Hall–Kier alpha value is -0.300. The lowest BCUT2D eigenvalue weighted by atomic mass is 10.1. The molecular formula is C14H29N3O2S. The summed E-state index contributed by atoms with van der Waals surface area (Å²) < 4.78 is 5.23. The van der Waals surface area contributed by atoms with Crippen LogP contribution in [-0.4, -0.2) is 86.2 Å². The summed E-state index contributed by atoms with van der Waals surface area (Å²) in [5, 5.41) is 2.67. The van der Waals surface area contributed by atoms with E-state index in [0.717, 1.165) is 45.9 Å². The summed E-state index contributed by atoms with van der Waals surface area (Å²) in [6.07, 6.45) is 0. The molecule has 1 amide bonds. The van der Waals surface area contributed by atoms with Crippen molar-refractivity contribution in [1.29, 1.82) is 0 Å². The zero-order chi connectivity index (χ0) is 15.0. The number of hydrogen-bond donors (Lipinski definition) is 1. The maximum Gasteiger partial charge on any atom is 0.229 e. The van der Waals surface area contributed by atoms with Crippen LogP contribution in [0.15, 0.2) is 0 Å². The number of carbonyl (C=O) groups excluding carboxylic acids is 1. The highest BCUT2D eigenvalue weighted by Gasteiger charge is 2.25. The van der Waals surface area contributed by atoms with Crippen molar-refractivity contribution in [3.63, 3.8) is 0 Å². The van der Waals surface area contributed by atoms with Gasteiger partial charge in [0.1, 0.15) is 0 Å². The topological polar surface area (TPSA) is 44.8 Å². The molecule has 1 aliphatic heterocycles. The monoisotopic (exact) mass is 303 g/mol. The fourth-order valence-electron chi connectivity index (χ4n) is 2.31. The molecule has 0 aromatic heterocycles. The molecule has 0 saturated carbocycles. The molecule has 6 heteroatoms. The van der Waals surface area contributed by atoms with Crippen LogP contribution in [0, 0.1) is 0 Å². The molecule has 1 N–H and O–H groups in total. The van der Waals surface area contributed by atoms with Crippen LogP contribution in [0.2, 0.25) is 0 Å². The van der Waals surface area contributed by atoms with Gasteiger partial charge in [0.05, 0.1) is 12.4 Å². The van der Waals surface area contributed by atoms with Crippen LogP contribution in [-0.2, 0) is 9.53 Å². The molecule has 0 aromatic carbocycles. The molecule has 5 nitrogen and oxygen atoms in total. The van der Waals surface area contributed by atoms with Gasteiger partial charge in [-0.15, -0.1) is 11.8 Å². The van der Waals surface area contributed by atoms with E-state index in [2.05, 4.69) is 29.0 Å². The maximum absolute atomic E-state index is 11.3. The lowest BCUT2D eigenvalue weighted by molar-refractivity contribution is -0.118. The zero-order valence-electron chi connectivity index (χ0n) is 13.3. The van der Waals surface area contributed by atoms with Crippen molar-refractivity contribution >= 4 is 17.7 Å². The van der Waals surface area contributed by atoms with Gasteiger partial charge >= 0.3 is 0 Å². The average Bonchev–Trinajstić information content (AvgIpc) is 2.43. The number of thioether (sulfide) groups is 1. The van der Waals surface area contributed by atoms with Crippen molar-refractivity contribution in [2.24, 2.45) is 0 Å². The lowest BCUT2D eigenvalue weighted by Crippen LogP contribution is -2.50. The second-order valence-electron chi connectivity index (χ2n) is 5.83. The molecule has 0 aromatic rings. The Morgan fingerprint density at radius 1 is 1.25 bits per heavy atom. The highest BCUT2D eigenvalue weighted by molar-refractivity contribution is 8.01. The summed E-state index contributed by atoms with van der Waals surface area (Å²) in [6.45, 7) is 11.7. The van der Waals surface area contributed by atoms with Gasteiger partial charge in [-0.1, -0.05) is 0 Å². The van der Waals surface area contributed by atoms with Crippen molar-refractivity contribution in [2.75, 3.05) is 65.8 Å². The molecule has 0 bridgehead atoms. The molecule has 1 saturated heterocycles. The number of amides is 1. The molecule has 20 heavy (non-hydrogen) atoms. The van der Waals surface area contributed by atoms with E-state index in [0.29, 0.717) is 5.75 Å². The Bertz CT molecular complexity index is 292. The molecule has 1 heterocycles. The second kappa shape index (κ2) is 8.87. The van der Waals surface area contributed by atoms with E-state index in [9.17, 15) is 4.79 Å². The van der Waals surface area contributed by atoms with Crippen LogP contribution in [0.3, 0.4) is 0 Å². The minimum Gasteiger partial charge on any atom is -0.383 e. The van der Waals surface area contributed by atoms with Gasteiger partial charge in [-0.25, -0.2) is 0 Å². The molecule has 0 aliphatic carbocycles. The van der Waals surface area contributed by atoms with Crippen LogP contribution in [0.25, 0.3) is 0 Å². The third-order valence-corrected chi connectivity index (χ3v) is 4.87. The van der Waals surface area contributed by atoms with Crippen molar-refractivity contribution < 1.29 is 9.53 Å². The molecule has 0 radical (unpaired) electrons. The number of carbonyl (C=O) groups is 1.